The summed E-state index contributed by atoms with van der Waals surface area (Å²) in [5.74, 6) is -0.742. The zero-order chi connectivity index (χ0) is 18.3. The molecule has 6 heteroatoms. The summed E-state index contributed by atoms with van der Waals surface area (Å²) in [6.45, 7) is 0.179. The molecule has 138 valence electrons. The van der Waals surface area contributed by atoms with Crippen LogP contribution in [0.2, 0.25) is 0 Å². The topological polar surface area (TPSA) is 99.4 Å². The first-order valence-corrected chi connectivity index (χ1v) is 8.66. The number of aliphatic hydroxyl groups excluding tert-OH is 3. The molecule has 4 N–H and O–H groups in total. The van der Waals surface area contributed by atoms with Crippen LogP contribution in [0, 0.1) is 0 Å². The molecule has 2 aliphatic rings. The van der Waals surface area contributed by atoms with E-state index in [0.717, 1.165) is 5.56 Å². The number of benzene rings is 2. The van der Waals surface area contributed by atoms with Crippen LogP contribution in [0.5, 0.6) is 0 Å². The van der Waals surface area contributed by atoms with Crippen molar-refractivity contribution >= 4 is 0 Å². The fraction of sp³-hybridized carbons (Fsp3) is 0.400. The zero-order valence-corrected chi connectivity index (χ0v) is 14.1. The van der Waals surface area contributed by atoms with Crippen molar-refractivity contribution in [2.45, 2.75) is 48.8 Å². The Morgan fingerprint density at radius 3 is 2.15 bits per heavy atom. The van der Waals surface area contributed by atoms with Gasteiger partial charge in [-0.25, -0.2) is 0 Å². The molecule has 1 saturated carbocycles. The first-order chi connectivity index (χ1) is 12.5. The Labute approximate surface area is 151 Å². The molecule has 0 aromatic heterocycles. The summed E-state index contributed by atoms with van der Waals surface area (Å²) >= 11 is 0. The highest BCUT2D eigenvalue weighted by atomic mass is 16.7. The van der Waals surface area contributed by atoms with E-state index in [2.05, 4.69) is 0 Å². The van der Waals surface area contributed by atoms with Crippen LogP contribution < -0.4 is 0 Å². The van der Waals surface area contributed by atoms with Crippen LogP contribution >= 0.6 is 0 Å². The fourth-order valence-corrected chi connectivity index (χ4v) is 3.98. The molecule has 7 atom stereocenters. The molecule has 2 unspecified atom stereocenters. The maximum atomic E-state index is 11.0. The Kier molecular flexibility index (Phi) is 4.56. The Hall–Kier alpha value is -1.80. The highest BCUT2D eigenvalue weighted by Crippen LogP contribution is 2.53. The van der Waals surface area contributed by atoms with Crippen molar-refractivity contribution < 1.29 is 29.9 Å². The van der Waals surface area contributed by atoms with Gasteiger partial charge < -0.3 is 29.9 Å². The van der Waals surface area contributed by atoms with Crippen LogP contribution in [0.15, 0.2) is 60.7 Å². The third kappa shape index (κ3) is 2.66. The van der Waals surface area contributed by atoms with Gasteiger partial charge in [0.25, 0.3) is 0 Å². The minimum absolute atomic E-state index is 0.179. The van der Waals surface area contributed by atoms with Crippen LogP contribution in [0.4, 0.5) is 0 Å². The summed E-state index contributed by atoms with van der Waals surface area (Å²) in [5.41, 5.74) is -0.209. The highest BCUT2D eigenvalue weighted by Gasteiger charge is 2.71. The maximum absolute atomic E-state index is 11.0. The first-order valence-electron chi connectivity index (χ1n) is 8.66. The average Bonchev–Trinajstić information content (AvgIpc) is 2.67. The summed E-state index contributed by atoms with van der Waals surface area (Å²) in [6, 6.07) is 18.3. The summed E-state index contributed by atoms with van der Waals surface area (Å²) < 4.78 is 11.2. The third-order valence-electron chi connectivity index (χ3n) is 5.38. The standard InChI is InChI=1S/C20H22O6/c21-15-14(13-9-5-2-6-10-13)20(24)17(23)16(22)19(26-18(15)20)25-11-12-7-3-1-4-8-12/h1-10,14-19,21-24H,11H2/t14?,15?,16-,17-,18-,19+,20+/m1/s1. The second kappa shape index (κ2) is 6.74. The van der Waals surface area contributed by atoms with Gasteiger partial charge in [0, 0.05) is 5.92 Å². The highest BCUT2D eigenvalue weighted by molar-refractivity contribution is 5.35. The fourth-order valence-electron chi connectivity index (χ4n) is 3.98. The van der Waals surface area contributed by atoms with E-state index in [1.165, 1.54) is 0 Å². The van der Waals surface area contributed by atoms with Gasteiger partial charge in [0.15, 0.2) is 6.29 Å². The Balaban J connectivity index is 1.51. The monoisotopic (exact) mass is 358 g/mol. The second-order valence-corrected chi connectivity index (χ2v) is 6.92. The molecule has 2 aromatic rings. The SMILES string of the molecule is OC1C(c2ccccc2)[C@@]2(O)[C@@H]1O[C@H](OCc1ccccc1)[C@H](O)[C@H]2O. The zero-order valence-electron chi connectivity index (χ0n) is 14.1. The van der Waals surface area contributed by atoms with Gasteiger partial charge in [-0.3, -0.25) is 0 Å². The lowest BCUT2D eigenvalue weighted by Crippen LogP contribution is -2.80. The molecule has 2 aromatic carbocycles. The van der Waals surface area contributed by atoms with Gasteiger partial charge in [-0.15, -0.1) is 0 Å². The molecular formula is C20H22O6. The van der Waals surface area contributed by atoms with Gasteiger partial charge in [0.1, 0.15) is 23.9 Å². The van der Waals surface area contributed by atoms with Crippen molar-refractivity contribution in [1.29, 1.82) is 0 Å². The van der Waals surface area contributed by atoms with Crippen molar-refractivity contribution in [2.24, 2.45) is 0 Å². The van der Waals surface area contributed by atoms with Gasteiger partial charge in [-0.1, -0.05) is 60.7 Å². The molecule has 2 fully saturated rings. The predicted molar refractivity (Wildman–Crippen MR) is 92.0 cm³/mol. The number of fused-ring (bicyclic) bond motifs is 1. The number of ether oxygens (including phenoxy) is 2. The van der Waals surface area contributed by atoms with E-state index in [-0.39, 0.29) is 6.61 Å². The van der Waals surface area contributed by atoms with E-state index < -0.39 is 42.2 Å². The summed E-state index contributed by atoms with van der Waals surface area (Å²) in [6.07, 6.45) is -6.12. The van der Waals surface area contributed by atoms with Gasteiger partial charge in [0.05, 0.1) is 12.7 Å². The smallest absolute Gasteiger partial charge is 0.187 e. The third-order valence-corrected chi connectivity index (χ3v) is 5.38. The molecule has 1 heterocycles. The molecule has 1 saturated heterocycles. The van der Waals surface area contributed by atoms with Crippen LogP contribution in [-0.4, -0.2) is 56.7 Å². The number of hydrogen-bond donors (Lipinski definition) is 4. The van der Waals surface area contributed by atoms with Crippen molar-refractivity contribution in [3.8, 4) is 0 Å². The average molecular weight is 358 g/mol. The lowest BCUT2D eigenvalue weighted by molar-refractivity contribution is -0.388. The van der Waals surface area contributed by atoms with Gasteiger partial charge >= 0.3 is 0 Å². The predicted octanol–water partition coefficient (Wildman–Crippen LogP) is 0.539. The van der Waals surface area contributed by atoms with E-state index in [4.69, 9.17) is 9.47 Å². The Morgan fingerprint density at radius 2 is 1.50 bits per heavy atom. The number of hydrogen-bond acceptors (Lipinski definition) is 6. The Morgan fingerprint density at radius 1 is 0.885 bits per heavy atom. The Bertz CT molecular complexity index is 734. The van der Waals surface area contributed by atoms with Crippen LogP contribution in [0.3, 0.4) is 0 Å². The molecule has 1 aliphatic carbocycles. The molecule has 1 aliphatic heterocycles. The second-order valence-electron chi connectivity index (χ2n) is 6.92. The van der Waals surface area contributed by atoms with Crippen molar-refractivity contribution in [1.82, 2.24) is 0 Å². The molecule has 4 rings (SSSR count). The summed E-state index contributed by atoms with van der Waals surface area (Å²) in [7, 11) is 0. The number of aliphatic hydroxyl groups is 4. The normalized spacial score (nSPS) is 39.1. The van der Waals surface area contributed by atoms with Crippen molar-refractivity contribution in [2.75, 3.05) is 0 Å². The summed E-state index contributed by atoms with van der Waals surface area (Å²) in [4.78, 5) is 0. The van der Waals surface area contributed by atoms with Crippen LogP contribution in [0.1, 0.15) is 17.0 Å². The quantitative estimate of drug-likeness (QED) is 0.637. The van der Waals surface area contributed by atoms with Crippen molar-refractivity contribution in [3.63, 3.8) is 0 Å². The molecule has 26 heavy (non-hydrogen) atoms. The van der Waals surface area contributed by atoms with Crippen LogP contribution in [-0.2, 0) is 16.1 Å². The molecule has 0 amide bonds. The van der Waals surface area contributed by atoms with E-state index >= 15 is 0 Å². The lowest BCUT2D eigenvalue weighted by atomic mass is 9.57. The van der Waals surface area contributed by atoms with Crippen LogP contribution in [0.25, 0.3) is 0 Å². The molecule has 6 nitrogen and oxygen atoms in total. The van der Waals surface area contributed by atoms with Gasteiger partial charge in [0.2, 0.25) is 0 Å². The minimum atomic E-state index is -1.77. The van der Waals surface area contributed by atoms with E-state index in [1.54, 1.807) is 24.3 Å². The first kappa shape index (κ1) is 17.6. The van der Waals surface area contributed by atoms with E-state index in [1.807, 2.05) is 36.4 Å². The largest absolute Gasteiger partial charge is 0.390 e. The minimum Gasteiger partial charge on any atom is -0.390 e. The maximum Gasteiger partial charge on any atom is 0.187 e. The summed E-state index contributed by atoms with van der Waals surface area (Å²) in [5, 5.41) is 42.5. The van der Waals surface area contributed by atoms with Gasteiger partial charge in [-0.05, 0) is 11.1 Å². The molecule has 0 bridgehead atoms. The van der Waals surface area contributed by atoms with Gasteiger partial charge in [-0.2, -0.15) is 0 Å². The van der Waals surface area contributed by atoms with Crippen molar-refractivity contribution in [3.05, 3.63) is 71.8 Å². The molecule has 0 spiro atoms. The lowest BCUT2D eigenvalue weighted by Gasteiger charge is -2.61. The van der Waals surface area contributed by atoms with E-state index in [9.17, 15) is 20.4 Å². The number of rotatable bonds is 4. The molecule has 0 radical (unpaired) electrons. The van der Waals surface area contributed by atoms with E-state index in [0.29, 0.717) is 5.56 Å². The molecular weight excluding hydrogens is 336 g/mol.